The molecule has 6 heteroatoms. The second-order valence-corrected chi connectivity index (χ2v) is 10.1. The van der Waals surface area contributed by atoms with E-state index in [0.717, 1.165) is 55.2 Å². The van der Waals surface area contributed by atoms with Crippen molar-refractivity contribution < 1.29 is 17.6 Å². The summed E-state index contributed by atoms with van der Waals surface area (Å²) in [5, 5.41) is 0. The van der Waals surface area contributed by atoms with Gasteiger partial charge in [0.15, 0.2) is 5.78 Å². The van der Waals surface area contributed by atoms with Gasteiger partial charge >= 0.3 is 0 Å². The van der Waals surface area contributed by atoms with E-state index >= 15 is 0 Å². The quantitative estimate of drug-likeness (QED) is 0.595. The van der Waals surface area contributed by atoms with E-state index in [9.17, 15) is 17.6 Å². The van der Waals surface area contributed by atoms with Crippen molar-refractivity contribution in [3.05, 3.63) is 58.9 Å². The van der Waals surface area contributed by atoms with Crippen LogP contribution < -0.4 is 4.72 Å². The third kappa shape index (κ3) is 5.76. The van der Waals surface area contributed by atoms with E-state index < -0.39 is 28.2 Å². The molecule has 0 radical (unpaired) electrons. The molecule has 0 unspecified atom stereocenters. The Hall–Kier alpha value is -2.05. The average molecular weight is 432 g/mol. The lowest BCUT2D eigenvalue weighted by molar-refractivity contribution is 0.0993. The van der Waals surface area contributed by atoms with Crippen LogP contribution in [0.5, 0.6) is 0 Å². The van der Waals surface area contributed by atoms with E-state index in [1.165, 1.54) is 6.07 Å². The zero-order valence-corrected chi connectivity index (χ0v) is 18.5. The van der Waals surface area contributed by atoms with Gasteiger partial charge in [-0.05, 0) is 66.5 Å². The van der Waals surface area contributed by atoms with E-state index in [4.69, 9.17) is 0 Å². The fourth-order valence-corrected chi connectivity index (χ4v) is 5.53. The van der Waals surface area contributed by atoms with Gasteiger partial charge in [-0.15, -0.1) is 0 Å². The molecule has 0 atom stereocenters. The molecule has 1 N–H and O–H groups in total. The van der Waals surface area contributed by atoms with Gasteiger partial charge in [0.2, 0.25) is 10.0 Å². The van der Waals surface area contributed by atoms with Gasteiger partial charge in [-0.1, -0.05) is 50.5 Å². The number of benzene rings is 2. The normalized spacial score (nSPS) is 15.3. The first-order chi connectivity index (χ1) is 14.3. The topological polar surface area (TPSA) is 63.2 Å². The van der Waals surface area contributed by atoms with Gasteiger partial charge in [0.25, 0.3) is 0 Å². The third-order valence-electron chi connectivity index (χ3n) is 5.86. The molecule has 2 aromatic rings. The molecule has 0 spiro atoms. The summed E-state index contributed by atoms with van der Waals surface area (Å²) in [6.07, 6.45) is 5.94. The lowest BCUT2D eigenvalue weighted by Gasteiger charge is -2.21. The lowest BCUT2D eigenvalue weighted by atomic mass is 9.91. The zero-order chi connectivity index (χ0) is 21.7. The van der Waals surface area contributed by atoms with Crippen molar-refractivity contribution in [1.82, 2.24) is 4.72 Å². The second kappa shape index (κ2) is 9.84. The first-order valence-electron chi connectivity index (χ1n) is 10.7. The lowest BCUT2D eigenvalue weighted by Crippen LogP contribution is -2.34. The SMILES string of the molecule is CCc1cccc(-c2cc(C)c(F)c(C(=O)CNS(=O)(=O)CC3CCCCC3)c2)c1. The molecule has 1 aliphatic rings. The maximum atomic E-state index is 14.7. The van der Waals surface area contributed by atoms with Crippen LogP contribution in [0.15, 0.2) is 36.4 Å². The summed E-state index contributed by atoms with van der Waals surface area (Å²) in [7, 11) is -3.57. The number of Topliss-reactive ketones (excluding diaryl/α,β-unsaturated/α-hetero) is 1. The molecular weight excluding hydrogens is 401 g/mol. The number of hydrogen-bond acceptors (Lipinski definition) is 3. The van der Waals surface area contributed by atoms with Crippen LogP contribution >= 0.6 is 0 Å². The van der Waals surface area contributed by atoms with Gasteiger partial charge in [-0.25, -0.2) is 17.5 Å². The van der Waals surface area contributed by atoms with E-state index in [1.54, 1.807) is 13.0 Å². The molecule has 3 rings (SSSR count). The van der Waals surface area contributed by atoms with Crippen LogP contribution in [0.4, 0.5) is 4.39 Å². The molecule has 1 aliphatic carbocycles. The Morgan fingerprint density at radius 3 is 2.53 bits per heavy atom. The molecule has 0 heterocycles. The number of ketones is 1. The maximum absolute atomic E-state index is 14.7. The number of sulfonamides is 1. The molecule has 4 nitrogen and oxygen atoms in total. The number of hydrogen-bond donors (Lipinski definition) is 1. The predicted molar refractivity (Wildman–Crippen MR) is 119 cm³/mol. The van der Waals surface area contributed by atoms with Crippen LogP contribution in [0, 0.1) is 18.7 Å². The summed E-state index contributed by atoms with van der Waals surface area (Å²) in [5.74, 6) is -0.983. The Balaban J connectivity index is 1.75. The van der Waals surface area contributed by atoms with E-state index in [2.05, 4.69) is 11.6 Å². The first kappa shape index (κ1) is 22.6. The number of rotatable bonds is 8. The fourth-order valence-electron chi connectivity index (χ4n) is 4.10. The van der Waals surface area contributed by atoms with Crippen molar-refractivity contribution >= 4 is 15.8 Å². The van der Waals surface area contributed by atoms with Gasteiger partial charge in [-0.3, -0.25) is 4.79 Å². The minimum Gasteiger partial charge on any atom is -0.293 e. The van der Waals surface area contributed by atoms with Gasteiger partial charge < -0.3 is 0 Å². The maximum Gasteiger partial charge on any atom is 0.212 e. The van der Waals surface area contributed by atoms with Crippen molar-refractivity contribution in [3.63, 3.8) is 0 Å². The van der Waals surface area contributed by atoms with Gasteiger partial charge in [0, 0.05) is 0 Å². The van der Waals surface area contributed by atoms with E-state index in [1.807, 2.05) is 24.3 Å². The molecular formula is C24H30FNO3S. The van der Waals surface area contributed by atoms with E-state index in [-0.39, 0.29) is 17.2 Å². The van der Waals surface area contributed by atoms with Crippen molar-refractivity contribution in [2.75, 3.05) is 12.3 Å². The first-order valence-corrected chi connectivity index (χ1v) is 12.3. The van der Waals surface area contributed by atoms with Crippen LogP contribution in [-0.2, 0) is 16.4 Å². The summed E-state index contributed by atoms with van der Waals surface area (Å²) >= 11 is 0. The molecule has 0 aliphatic heterocycles. The molecule has 1 fully saturated rings. The highest BCUT2D eigenvalue weighted by molar-refractivity contribution is 7.89. The molecule has 2 aromatic carbocycles. The summed E-state index contributed by atoms with van der Waals surface area (Å²) in [6.45, 7) is 3.25. The van der Waals surface area contributed by atoms with Gasteiger partial charge in [0.1, 0.15) is 5.82 Å². The predicted octanol–water partition coefficient (Wildman–Crippen LogP) is 5.05. The third-order valence-corrected chi connectivity index (χ3v) is 7.35. The average Bonchev–Trinajstić information content (AvgIpc) is 2.74. The summed E-state index contributed by atoms with van der Waals surface area (Å²) in [5.41, 5.74) is 3.09. The summed E-state index contributed by atoms with van der Waals surface area (Å²) in [4.78, 5) is 12.7. The number of aryl methyl sites for hydroxylation is 2. The summed E-state index contributed by atoms with van der Waals surface area (Å²) < 4.78 is 41.8. The monoisotopic (exact) mass is 431 g/mol. The Kier molecular flexibility index (Phi) is 7.42. The van der Waals surface area contributed by atoms with Gasteiger partial charge in [0.05, 0.1) is 17.9 Å². The smallest absolute Gasteiger partial charge is 0.212 e. The van der Waals surface area contributed by atoms with Crippen LogP contribution in [-0.4, -0.2) is 26.5 Å². The molecule has 1 saturated carbocycles. The van der Waals surface area contributed by atoms with Crippen LogP contribution in [0.3, 0.4) is 0 Å². The standard InChI is InChI=1S/C24H30FNO3S/c1-3-18-10-7-11-20(13-18)21-12-17(2)24(25)22(14-21)23(27)15-26-30(28,29)16-19-8-5-4-6-9-19/h7,10-14,19,26H,3-6,8-9,15-16H2,1-2H3. The van der Waals surface area contributed by atoms with Crippen molar-refractivity contribution in [3.8, 4) is 11.1 Å². The number of halogens is 1. The molecule has 30 heavy (non-hydrogen) atoms. The van der Waals surface area contributed by atoms with Crippen LogP contribution in [0.1, 0.15) is 60.5 Å². The minimum absolute atomic E-state index is 0.0334. The van der Waals surface area contributed by atoms with Gasteiger partial charge in [-0.2, -0.15) is 0 Å². The van der Waals surface area contributed by atoms with Crippen molar-refractivity contribution in [2.24, 2.45) is 5.92 Å². The molecule has 162 valence electrons. The second-order valence-electron chi connectivity index (χ2n) is 8.24. The van der Waals surface area contributed by atoms with Crippen LogP contribution in [0.25, 0.3) is 11.1 Å². The number of nitrogens with one attached hydrogen (secondary N) is 1. The Bertz CT molecular complexity index is 1010. The Morgan fingerprint density at radius 2 is 1.83 bits per heavy atom. The van der Waals surface area contributed by atoms with Crippen LogP contribution in [0.2, 0.25) is 0 Å². The fraction of sp³-hybridized carbons (Fsp3) is 0.458. The van der Waals surface area contributed by atoms with Crippen molar-refractivity contribution in [2.45, 2.75) is 52.4 Å². The Labute approximate surface area is 178 Å². The molecule has 0 amide bonds. The molecule has 0 bridgehead atoms. The highest BCUT2D eigenvalue weighted by Gasteiger charge is 2.23. The number of carbonyl (C=O) groups is 1. The highest BCUT2D eigenvalue weighted by Crippen LogP contribution is 2.27. The van der Waals surface area contributed by atoms with E-state index in [0.29, 0.717) is 5.56 Å². The molecule has 0 saturated heterocycles. The zero-order valence-electron chi connectivity index (χ0n) is 17.7. The number of carbonyl (C=O) groups excluding carboxylic acids is 1. The molecule has 0 aromatic heterocycles. The van der Waals surface area contributed by atoms with Crippen molar-refractivity contribution in [1.29, 1.82) is 0 Å². The Morgan fingerprint density at radius 1 is 1.10 bits per heavy atom. The minimum atomic E-state index is -3.57. The highest BCUT2D eigenvalue weighted by atomic mass is 32.2. The summed E-state index contributed by atoms with van der Waals surface area (Å²) in [6, 6.07) is 11.1. The largest absolute Gasteiger partial charge is 0.293 e.